The topological polar surface area (TPSA) is 81.5 Å². The third kappa shape index (κ3) is 6.89. The van der Waals surface area contributed by atoms with Crippen LogP contribution in [0.4, 0.5) is 23.2 Å². The minimum atomic E-state index is -4.59. The summed E-state index contributed by atoms with van der Waals surface area (Å²) in [6.45, 7) is 3.32. The summed E-state index contributed by atoms with van der Waals surface area (Å²) in [6, 6.07) is 9.88. The summed E-state index contributed by atoms with van der Waals surface area (Å²) in [6.07, 6.45) is -1.85. The van der Waals surface area contributed by atoms with Gasteiger partial charge in [0.2, 0.25) is 5.91 Å². The Morgan fingerprint density at radius 3 is 2.55 bits per heavy atom. The van der Waals surface area contributed by atoms with Crippen LogP contribution in [0, 0.1) is 17.1 Å². The van der Waals surface area contributed by atoms with Crippen molar-refractivity contribution in [3.8, 4) is 6.07 Å². The fourth-order valence-corrected chi connectivity index (χ4v) is 6.21. The van der Waals surface area contributed by atoms with Crippen molar-refractivity contribution < 1.29 is 27.1 Å². The minimum Gasteiger partial charge on any atom is -0.382 e. The predicted molar refractivity (Wildman–Crippen MR) is 143 cm³/mol. The van der Waals surface area contributed by atoms with Crippen LogP contribution in [-0.2, 0) is 22.3 Å². The van der Waals surface area contributed by atoms with Crippen LogP contribution in [0.1, 0.15) is 41.8 Å². The van der Waals surface area contributed by atoms with Crippen molar-refractivity contribution in [2.24, 2.45) is 0 Å². The maximum atomic E-state index is 13.4. The van der Waals surface area contributed by atoms with Gasteiger partial charge >= 0.3 is 6.18 Å². The molecule has 1 N–H and O–H groups in total. The molecule has 0 bridgehead atoms. The summed E-state index contributed by atoms with van der Waals surface area (Å²) in [4.78, 5) is 21.3. The van der Waals surface area contributed by atoms with Crippen LogP contribution < -0.4 is 5.32 Å². The van der Waals surface area contributed by atoms with Crippen molar-refractivity contribution in [1.82, 2.24) is 14.8 Å². The molecule has 212 valence electrons. The number of nitrogens with one attached hydrogen (secondary N) is 1. The van der Waals surface area contributed by atoms with E-state index in [0.29, 0.717) is 56.5 Å². The molecule has 12 heteroatoms. The van der Waals surface area contributed by atoms with Crippen molar-refractivity contribution in [3.05, 3.63) is 58.3 Å². The van der Waals surface area contributed by atoms with Crippen molar-refractivity contribution in [2.45, 2.75) is 50.6 Å². The first-order valence-corrected chi connectivity index (χ1v) is 14.0. The number of rotatable bonds is 7. The molecule has 0 spiro atoms. The summed E-state index contributed by atoms with van der Waals surface area (Å²) in [5.74, 6) is -0.345. The molecule has 0 atom stereocenters. The van der Waals surface area contributed by atoms with Crippen LogP contribution in [-0.4, -0.2) is 65.6 Å². The van der Waals surface area contributed by atoms with E-state index in [-0.39, 0.29) is 30.5 Å². The second kappa shape index (κ2) is 12.1. The molecule has 40 heavy (non-hydrogen) atoms. The van der Waals surface area contributed by atoms with E-state index in [0.717, 1.165) is 28.9 Å². The number of carbonyl (C=O) groups is 1. The van der Waals surface area contributed by atoms with Gasteiger partial charge in [0, 0.05) is 44.0 Å². The SMILES string of the molecule is N#Cc1ccc(NC2CCC(OCC(=O)N3CCN(Cc4nc5cc(F)ccc5s4)CC3)CC2)cc1C(F)(F)F. The Kier molecular flexibility index (Phi) is 8.54. The van der Waals surface area contributed by atoms with Gasteiger partial charge in [0.25, 0.3) is 0 Å². The first-order chi connectivity index (χ1) is 19.2. The van der Waals surface area contributed by atoms with Gasteiger partial charge in [-0.25, -0.2) is 9.37 Å². The molecule has 2 aliphatic rings. The highest BCUT2D eigenvalue weighted by atomic mass is 32.1. The first-order valence-electron chi connectivity index (χ1n) is 13.2. The molecular formula is C28H29F4N5O2S. The van der Waals surface area contributed by atoms with E-state index < -0.39 is 17.3 Å². The lowest BCUT2D eigenvalue weighted by Gasteiger charge is -2.35. The van der Waals surface area contributed by atoms with E-state index in [1.165, 1.54) is 24.3 Å². The lowest BCUT2D eigenvalue weighted by atomic mass is 9.92. The molecule has 0 unspecified atom stereocenters. The zero-order chi connectivity index (χ0) is 28.3. The Labute approximate surface area is 233 Å². The number of benzene rings is 2. The van der Waals surface area contributed by atoms with Crippen molar-refractivity contribution >= 4 is 33.1 Å². The number of halogens is 4. The molecule has 1 aliphatic carbocycles. The minimum absolute atomic E-state index is 0.00732. The zero-order valence-corrected chi connectivity index (χ0v) is 22.5. The number of fused-ring (bicyclic) bond motifs is 1. The highest BCUT2D eigenvalue weighted by Crippen LogP contribution is 2.34. The van der Waals surface area contributed by atoms with Crippen LogP contribution in [0.15, 0.2) is 36.4 Å². The fourth-order valence-electron chi connectivity index (χ4n) is 5.22. The van der Waals surface area contributed by atoms with Crippen LogP contribution in [0.3, 0.4) is 0 Å². The molecule has 3 aromatic rings. The molecule has 5 rings (SSSR count). The van der Waals surface area contributed by atoms with E-state index in [4.69, 9.17) is 10.00 Å². The highest BCUT2D eigenvalue weighted by molar-refractivity contribution is 7.18. The number of nitriles is 1. The van der Waals surface area contributed by atoms with Crippen molar-refractivity contribution in [1.29, 1.82) is 5.26 Å². The number of alkyl halides is 3. The van der Waals surface area contributed by atoms with Crippen LogP contribution >= 0.6 is 11.3 Å². The monoisotopic (exact) mass is 575 g/mol. The number of hydrogen-bond acceptors (Lipinski definition) is 7. The molecule has 0 radical (unpaired) electrons. The number of piperazine rings is 1. The number of hydrogen-bond donors (Lipinski definition) is 1. The molecule has 1 aromatic heterocycles. The second-order valence-electron chi connectivity index (χ2n) is 10.2. The Morgan fingerprint density at radius 2 is 1.85 bits per heavy atom. The molecule has 7 nitrogen and oxygen atoms in total. The zero-order valence-electron chi connectivity index (χ0n) is 21.7. The van der Waals surface area contributed by atoms with Crippen molar-refractivity contribution in [2.75, 3.05) is 38.1 Å². The van der Waals surface area contributed by atoms with E-state index in [1.807, 2.05) is 0 Å². The molecule has 2 aromatic carbocycles. The number of ether oxygens (including phenoxy) is 1. The number of carbonyl (C=O) groups excluding carboxylic acids is 1. The Hall–Kier alpha value is -3.27. The molecule has 2 heterocycles. The molecule has 1 amide bonds. The molecule has 2 fully saturated rings. The lowest BCUT2D eigenvalue weighted by molar-refractivity contribution is -0.140. The second-order valence-corrected chi connectivity index (χ2v) is 11.3. The van der Waals surface area contributed by atoms with Gasteiger partial charge in [-0.1, -0.05) is 0 Å². The van der Waals surface area contributed by atoms with Gasteiger partial charge in [-0.2, -0.15) is 18.4 Å². The smallest absolute Gasteiger partial charge is 0.382 e. The van der Waals surface area contributed by atoms with Gasteiger partial charge in [0.15, 0.2) is 0 Å². The normalized spacial score (nSPS) is 20.4. The largest absolute Gasteiger partial charge is 0.417 e. The maximum absolute atomic E-state index is 13.4. The summed E-state index contributed by atoms with van der Waals surface area (Å²) in [5.41, 5.74) is -0.334. The number of aromatic nitrogens is 1. The Morgan fingerprint density at radius 1 is 1.10 bits per heavy atom. The van der Waals surface area contributed by atoms with Gasteiger partial charge in [-0.15, -0.1) is 11.3 Å². The van der Waals surface area contributed by atoms with Gasteiger partial charge in [-0.3, -0.25) is 9.69 Å². The predicted octanol–water partition coefficient (Wildman–Crippen LogP) is 5.41. The van der Waals surface area contributed by atoms with Crippen LogP contribution in [0.5, 0.6) is 0 Å². The standard InChI is InChI=1S/C28H29F4N5O2S/c29-19-2-8-25-24(13-19)35-26(40-25)16-36-9-11-37(12-10-36)27(38)17-39-22-6-4-20(5-7-22)34-21-3-1-18(15-33)23(14-21)28(30,31)32/h1-3,8,13-14,20,22,34H,4-7,9-12,16-17H2. The van der Waals surface area contributed by atoms with E-state index in [2.05, 4.69) is 15.2 Å². The molecule has 1 aliphatic heterocycles. The Balaban J connectivity index is 1.02. The molecule has 1 saturated heterocycles. The van der Waals surface area contributed by atoms with E-state index in [1.54, 1.807) is 28.4 Å². The number of thiazole rings is 1. The average molecular weight is 576 g/mol. The van der Waals surface area contributed by atoms with Gasteiger partial charge in [-0.05, 0) is 56.0 Å². The van der Waals surface area contributed by atoms with E-state index >= 15 is 0 Å². The molecular weight excluding hydrogens is 546 g/mol. The van der Waals surface area contributed by atoms with E-state index in [9.17, 15) is 22.4 Å². The van der Waals surface area contributed by atoms with Crippen molar-refractivity contribution in [3.63, 3.8) is 0 Å². The molecule has 1 saturated carbocycles. The summed E-state index contributed by atoms with van der Waals surface area (Å²) < 4.78 is 60.0. The van der Waals surface area contributed by atoms with Gasteiger partial charge in [0.05, 0.1) is 40.1 Å². The highest BCUT2D eigenvalue weighted by Gasteiger charge is 2.34. The maximum Gasteiger partial charge on any atom is 0.417 e. The van der Waals surface area contributed by atoms with Gasteiger partial charge < -0.3 is 15.0 Å². The van der Waals surface area contributed by atoms with Crippen LogP contribution in [0.25, 0.3) is 10.2 Å². The quantitative estimate of drug-likeness (QED) is 0.380. The summed E-state index contributed by atoms with van der Waals surface area (Å²) >= 11 is 1.55. The Bertz CT molecular complexity index is 1390. The average Bonchev–Trinajstić information content (AvgIpc) is 3.33. The summed E-state index contributed by atoms with van der Waals surface area (Å²) in [7, 11) is 0. The first kappa shape index (κ1) is 28.3. The summed E-state index contributed by atoms with van der Waals surface area (Å²) in [5, 5.41) is 13.0. The fraction of sp³-hybridized carbons (Fsp3) is 0.464. The number of amides is 1. The van der Waals surface area contributed by atoms with Gasteiger partial charge in [0.1, 0.15) is 17.4 Å². The third-order valence-electron chi connectivity index (χ3n) is 7.41. The number of anilines is 1. The van der Waals surface area contributed by atoms with Crippen LogP contribution in [0.2, 0.25) is 0 Å². The number of nitrogens with zero attached hydrogens (tertiary/aromatic N) is 4. The lowest BCUT2D eigenvalue weighted by Crippen LogP contribution is -2.49. The third-order valence-corrected chi connectivity index (χ3v) is 8.43.